The molecule has 6 heteroatoms. The number of hydrogen-bond donors (Lipinski definition) is 3. The van der Waals surface area contributed by atoms with Gasteiger partial charge in [-0.05, 0) is 64.2 Å². The normalized spacial score (nSPS) is 12.1. The Morgan fingerprint density at radius 3 is 2.54 bits per heavy atom. The highest BCUT2D eigenvalue weighted by molar-refractivity contribution is 14.1. The molecule has 0 spiro atoms. The highest BCUT2D eigenvalue weighted by Gasteiger charge is 2.26. The van der Waals surface area contributed by atoms with E-state index in [0.717, 1.165) is 58.7 Å². The van der Waals surface area contributed by atoms with Gasteiger partial charge in [-0.1, -0.05) is 24.3 Å². The standard InChI is InChI=1S/C18H15I2N3O/c1-2-22-11-7-8-12-17(13(11)19)24-18-14(20)15(21)9-5-3-4-6-10(9)16(18)23-12/h3-8,22-23H,2,21H2,1H3. The van der Waals surface area contributed by atoms with Crippen LogP contribution in [0.5, 0.6) is 11.5 Å². The van der Waals surface area contributed by atoms with Crippen LogP contribution in [0, 0.1) is 7.14 Å². The van der Waals surface area contributed by atoms with E-state index in [1.165, 1.54) is 0 Å². The molecule has 3 aromatic rings. The summed E-state index contributed by atoms with van der Waals surface area (Å²) >= 11 is 4.59. The van der Waals surface area contributed by atoms with Crippen LogP contribution in [-0.4, -0.2) is 6.54 Å². The van der Waals surface area contributed by atoms with Gasteiger partial charge in [0.15, 0.2) is 11.5 Å². The molecule has 0 saturated carbocycles. The Bertz CT molecular complexity index is 972. The van der Waals surface area contributed by atoms with E-state index in [4.69, 9.17) is 10.5 Å². The third-order valence-corrected chi connectivity index (χ3v) is 6.22. The molecule has 24 heavy (non-hydrogen) atoms. The van der Waals surface area contributed by atoms with Crippen molar-refractivity contribution in [3.05, 3.63) is 43.5 Å². The van der Waals surface area contributed by atoms with E-state index in [2.05, 4.69) is 80.9 Å². The molecular formula is C18H15I2N3O. The number of benzene rings is 3. The predicted octanol–water partition coefficient (Wildman–Crippen LogP) is 5.91. The van der Waals surface area contributed by atoms with Crippen molar-refractivity contribution in [2.75, 3.05) is 22.9 Å². The molecule has 4 N–H and O–H groups in total. The van der Waals surface area contributed by atoms with Gasteiger partial charge >= 0.3 is 0 Å². The zero-order chi connectivity index (χ0) is 16.8. The third kappa shape index (κ3) is 2.38. The van der Waals surface area contributed by atoms with Crippen LogP contribution in [0.15, 0.2) is 36.4 Å². The molecule has 0 radical (unpaired) electrons. The average Bonchev–Trinajstić information content (AvgIpc) is 2.61. The Hall–Kier alpha value is -1.42. The lowest BCUT2D eigenvalue weighted by molar-refractivity contribution is 0.476. The van der Waals surface area contributed by atoms with Crippen molar-refractivity contribution in [3.8, 4) is 11.5 Å². The summed E-state index contributed by atoms with van der Waals surface area (Å²) in [7, 11) is 0. The minimum atomic E-state index is 0.757. The van der Waals surface area contributed by atoms with Crippen molar-refractivity contribution in [1.82, 2.24) is 0 Å². The Kier molecular flexibility index (Phi) is 4.11. The number of nitrogens with two attached hydrogens (primary N) is 1. The maximum atomic E-state index is 6.35. The molecule has 1 aliphatic rings. The highest BCUT2D eigenvalue weighted by Crippen LogP contribution is 2.52. The van der Waals surface area contributed by atoms with Crippen LogP contribution < -0.4 is 21.1 Å². The van der Waals surface area contributed by atoms with Gasteiger partial charge < -0.3 is 21.1 Å². The summed E-state index contributed by atoms with van der Waals surface area (Å²) in [6.07, 6.45) is 0. The summed E-state index contributed by atoms with van der Waals surface area (Å²) < 4.78 is 8.31. The smallest absolute Gasteiger partial charge is 0.167 e. The topological polar surface area (TPSA) is 59.3 Å². The Morgan fingerprint density at radius 2 is 1.79 bits per heavy atom. The average molecular weight is 543 g/mol. The predicted molar refractivity (Wildman–Crippen MR) is 118 cm³/mol. The third-order valence-electron chi connectivity index (χ3n) is 4.08. The zero-order valence-electron chi connectivity index (χ0n) is 12.9. The van der Waals surface area contributed by atoms with Crippen LogP contribution in [0.3, 0.4) is 0 Å². The van der Waals surface area contributed by atoms with Crippen molar-refractivity contribution < 1.29 is 4.74 Å². The number of hydrogen-bond acceptors (Lipinski definition) is 4. The lowest BCUT2D eigenvalue weighted by Crippen LogP contribution is -2.09. The molecule has 0 atom stereocenters. The van der Waals surface area contributed by atoms with E-state index < -0.39 is 0 Å². The van der Waals surface area contributed by atoms with Crippen molar-refractivity contribution in [3.63, 3.8) is 0 Å². The van der Waals surface area contributed by atoms with Crippen LogP contribution in [0.4, 0.5) is 22.7 Å². The van der Waals surface area contributed by atoms with Gasteiger partial charge in [0.05, 0.1) is 29.9 Å². The van der Waals surface area contributed by atoms with Gasteiger partial charge in [0, 0.05) is 17.3 Å². The fraction of sp³-hybridized carbons (Fsp3) is 0.111. The van der Waals surface area contributed by atoms with Gasteiger partial charge in [-0.2, -0.15) is 0 Å². The number of halogens is 2. The second-order valence-electron chi connectivity index (χ2n) is 5.54. The lowest BCUT2D eigenvalue weighted by atomic mass is 10.0. The molecule has 1 heterocycles. The molecule has 0 bridgehead atoms. The van der Waals surface area contributed by atoms with E-state index in [1.54, 1.807) is 0 Å². The Labute approximate surface area is 167 Å². The lowest BCUT2D eigenvalue weighted by Gasteiger charge is -2.27. The summed E-state index contributed by atoms with van der Waals surface area (Å²) in [5, 5.41) is 9.02. The first-order chi connectivity index (χ1) is 11.6. The van der Waals surface area contributed by atoms with E-state index in [1.807, 2.05) is 18.2 Å². The van der Waals surface area contributed by atoms with E-state index in [9.17, 15) is 0 Å². The summed E-state index contributed by atoms with van der Waals surface area (Å²) in [5.41, 5.74) is 10.1. The molecule has 3 aromatic carbocycles. The first-order valence-corrected chi connectivity index (χ1v) is 9.78. The molecule has 0 unspecified atom stereocenters. The van der Waals surface area contributed by atoms with Crippen LogP contribution in [0.2, 0.25) is 0 Å². The molecule has 0 fully saturated rings. The summed E-state index contributed by atoms with van der Waals surface area (Å²) in [4.78, 5) is 0. The zero-order valence-corrected chi connectivity index (χ0v) is 17.2. The first kappa shape index (κ1) is 16.1. The largest absolute Gasteiger partial charge is 0.451 e. The molecule has 0 saturated heterocycles. The maximum absolute atomic E-state index is 6.35. The molecule has 1 aliphatic heterocycles. The minimum absolute atomic E-state index is 0.757. The number of rotatable bonds is 2. The van der Waals surface area contributed by atoms with Gasteiger partial charge in [0.1, 0.15) is 0 Å². The number of fused-ring (bicyclic) bond motifs is 4. The van der Waals surface area contributed by atoms with Crippen LogP contribution in [0.1, 0.15) is 6.92 Å². The molecule has 122 valence electrons. The van der Waals surface area contributed by atoms with Crippen LogP contribution >= 0.6 is 45.2 Å². The van der Waals surface area contributed by atoms with Crippen molar-refractivity contribution in [2.45, 2.75) is 6.92 Å². The monoisotopic (exact) mass is 543 g/mol. The number of nitrogen functional groups attached to an aromatic ring is 1. The SMILES string of the molecule is CCNc1ccc2c(c1I)Oc1c(I)c(N)c3ccccc3c1N2. The van der Waals surface area contributed by atoms with E-state index in [-0.39, 0.29) is 0 Å². The second-order valence-corrected chi connectivity index (χ2v) is 7.70. The first-order valence-electron chi connectivity index (χ1n) is 7.62. The number of anilines is 4. The summed E-state index contributed by atoms with van der Waals surface area (Å²) in [5.74, 6) is 1.64. The molecule has 0 amide bonds. The molecule has 0 aromatic heterocycles. The minimum Gasteiger partial charge on any atom is -0.451 e. The summed E-state index contributed by atoms with van der Waals surface area (Å²) in [6.45, 7) is 2.95. The summed E-state index contributed by atoms with van der Waals surface area (Å²) in [6, 6.07) is 12.3. The molecule has 4 rings (SSSR count). The van der Waals surface area contributed by atoms with Crippen molar-refractivity contribution >= 4 is 78.7 Å². The fourth-order valence-electron chi connectivity index (χ4n) is 2.95. The number of ether oxygens (including phenoxy) is 1. The van der Waals surface area contributed by atoms with Gasteiger partial charge in [-0.15, -0.1) is 0 Å². The van der Waals surface area contributed by atoms with Crippen LogP contribution in [0.25, 0.3) is 10.8 Å². The van der Waals surface area contributed by atoms with E-state index >= 15 is 0 Å². The van der Waals surface area contributed by atoms with Gasteiger partial charge in [-0.3, -0.25) is 0 Å². The Balaban J connectivity index is 1.94. The van der Waals surface area contributed by atoms with E-state index in [0.29, 0.717) is 0 Å². The number of nitrogens with one attached hydrogen (secondary N) is 2. The quantitative estimate of drug-likeness (QED) is 0.218. The van der Waals surface area contributed by atoms with Crippen molar-refractivity contribution in [1.29, 1.82) is 0 Å². The van der Waals surface area contributed by atoms with Gasteiger partial charge in [-0.25, -0.2) is 0 Å². The highest BCUT2D eigenvalue weighted by atomic mass is 127. The van der Waals surface area contributed by atoms with Gasteiger partial charge in [0.2, 0.25) is 0 Å². The second kappa shape index (κ2) is 6.14. The molecule has 4 nitrogen and oxygen atoms in total. The fourth-order valence-corrected chi connectivity index (χ4v) is 4.39. The Morgan fingerprint density at radius 1 is 1.04 bits per heavy atom. The van der Waals surface area contributed by atoms with Crippen LogP contribution in [-0.2, 0) is 0 Å². The molecular weight excluding hydrogens is 528 g/mol. The molecule has 0 aliphatic carbocycles. The van der Waals surface area contributed by atoms with Gasteiger partial charge in [0.25, 0.3) is 0 Å². The van der Waals surface area contributed by atoms with Crippen molar-refractivity contribution in [2.24, 2.45) is 0 Å². The maximum Gasteiger partial charge on any atom is 0.167 e.